The molecule has 0 atom stereocenters. The van der Waals surface area contributed by atoms with E-state index in [0.29, 0.717) is 0 Å². The van der Waals surface area contributed by atoms with Gasteiger partial charge in [-0.05, 0) is 6.07 Å². The molecule has 1 aromatic heterocycles. The van der Waals surface area contributed by atoms with Crippen LogP contribution in [0, 0.1) is 0 Å². The fraction of sp³-hybridized carbons (Fsp3) is 0.429. The largest absolute Gasteiger partial charge is 0.384 e. The smallest absolute Gasteiger partial charge is 0.187 e. The first-order valence-electron chi connectivity index (χ1n) is 3.32. The molecule has 0 aliphatic heterocycles. The van der Waals surface area contributed by atoms with Crippen LogP contribution in [0.3, 0.4) is 0 Å². The summed E-state index contributed by atoms with van der Waals surface area (Å²) in [6, 6.07) is 1.81. The van der Waals surface area contributed by atoms with Crippen LogP contribution in [0.2, 0.25) is 0 Å². The summed E-state index contributed by atoms with van der Waals surface area (Å²) >= 11 is 1.60. The molecular formula is C7H10N2OS. The quantitative estimate of drug-likeness (QED) is 0.386. The summed E-state index contributed by atoms with van der Waals surface area (Å²) in [5.74, 6) is 0.903. The third-order valence-corrected chi connectivity index (χ3v) is 1.90. The van der Waals surface area contributed by atoms with E-state index in [-0.39, 0.29) is 0 Å². The second kappa shape index (κ2) is 5.09. The monoisotopic (exact) mass is 170 g/mol. The van der Waals surface area contributed by atoms with E-state index in [4.69, 9.17) is 4.74 Å². The predicted molar refractivity (Wildman–Crippen MR) is 44.6 cm³/mol. The van der Waals surface area contributed by atoms with Crippen molar-refractivity contribution in [2.75, 3.05) is 19.5 Å². The molecule has 0 fully saturated rings. The maximum absolute atomic E-state index is 4.89. The van der Waals surface area contributed by atoms with Gasteiger partial charge in [-0.1, -0.05) is 11.8 Å². The first kappa shape index (κ1) is 8.49. The average molecular weight is 170 g/mol. The summed E-state index contributed by atoms with van der Waals surface area (Å²) in [4.78, 5) is 8.09. The molecule has 0 unspecified atom stereocenters. The standard InChI is InChI=1S/C7H10N2OS/c1-10-5-6-11-7-8-3-2-4-9-7/h2-4H,5-6H2,1H3. The fourth-order valence-electron chi connectivity index (χ4n) is 0.576. The Bertz CT molecular complexity index is 193. The number of hydrogen-bond donors (Lipinski definition) is 0. The highest BCUT2D eigenvalue weighted by Gasteiger charge is 1.93. The van der Waals surface area contributed by atoms with Crippen molar-refractivity contribution in [1.82, 2.24) is 9.97 Å². The van der Waals surface area contributed by atoms with Crippen molar-refractivity contribution in [3.63, 3.8) is 0 Å². The summed E-state index contributed by atoms with van der Waals surface area (Å²) in [6.07, 6.45) is 3.48. The van der Waals surface area contributed by atoms with Gasteiger partial charge in [0.2, 0.25) is 0 Å². The summed E-state index contributed by atoms with van der Waals surface area (Å²) in [5, 5.41) is 0.810. The summed E-state index contributed by atoms with van der Waals surface area (Å²) in [7, 11) is 1.69. The molecule has 1 aromatic rings. The molecule has 1 heterocycles. The molecule has 0 aliphatic carbocycles. The van der Waals surface area contributed by atoms with E-state index in [0.717, 1.165) is 17.5 Å². The van der Waals surface area contributed by atoms with Crippen LogP contribution < -0.4 is 0 Å². The number of thioether (sulfide) groups is 1. The molecule has 0 N–H and O–H groups in total. The lowest BCUT2D eigenvalue weighted by Crippen LogP contribution is -1.93. The van der Waals surface area contributed by atoms with E-state index in [1.165, 1.54) is 0 Å². The van der Waals surface area contributed by atoms with Crippen LogP contribution in [0.5, 0.6) is 0 Å². The van der Waals surface area contributed by atoms with E-state index in [1.807, 2.05) is 0 Å². The second-order valence-corrected chi connectivity index (χ2v) is 2.93. The number of aromatic nitrogens is 2. The average Bonchev–Trinajstić information content (AvgIpc) is 2.07. The van der Waals surface area contributed by atoms with E-state index in [1.54, 1.807) is 37.3 Å². The zero-order valence-electron chi connectivity index (χ0n) is 6.36. The van der Waals surface area contributed by atoms with Crippen molar-refractivity contribution in [3.8, 4) is 0 Å². The zero-order valence-corrected chi connectivity index (χ0v) is 7.17. The van der Waals surface area contributed by atoms with Crippen molar-refractivity contribution in [2.24, 2.45) is 0 Å². The highest BCUT2D eigenvalue weighted by molar-refractivity contribution is 7.99. The molecule has 1 rings (SSSR count). The van der Waals surface area contributed by atoms with E-state index < -0.39 is 0 Å². The zero-order chi connectivity index (χ0) is 7.94. The molecule has 0 aromatic carbocycles. The maximum atomic E-state index is 4.89. The summed E-state index contributed by atoms with van der Waals surface area (Å²) in [5.41, 5.74) is 0. The maximum Gasteiger partial charge on any atom is 0.187 e. The van der Waals surface area contributed by atoms with Gasteiger partial charge in [-0.15, -0.1) is 0 Å². The Hall–Kier alpha value is -0.610. The van der Waals surface area contributed by atoms with Crippen LogP contribution >= 0.6 is 11.8 Å². The molecule has 60 valence electrons. The molecule has 11 heavy (non-hydrogen) atoms. The first-order chi connectivity index (χ1) is 5.43. The first-order valence-corrected chi connectivity index (χ1v) is 4.31. The van der Waals surface area contributed by atoms with Gasteiger partial charge in [0.1, 0.15) is 0 Å². The van der Waals surface area contributed by atoms with Crippen LogP contribution in [-0.4, -0.2) is 29.4 Å². The predicted octanol–water partition coefficient (Wildman–Crippen LogP) is 1.22. The molecule has 0 spiro atoms. The van der Waals surface area contributed by atoms with Gasteiger partial charge in [0.25, 0.3) is 0 Å². The molecule has 0 aliphatic rings. The molecule has 0 bridgehead atoms. The fourth-order valence-corrected chi connectivity index (χ4v) is 1.28. The van der Waals surface area contributed by atoms with E-state index in [9.17, 15) is 0 Å². The van der Waals surface area contributed by atoms with Gasteiger partial charge in [-0.3, -0.25) is 0 Å². The minimum absolute atomic E-state index is 0.739. The SMILES string of the molecule is COCCSc1ncccn1. The van der Waals surface area contributed by atoms with Crippen molar-refractivity contribution in [1.29, 1.82) is 0 Å². The molecule has 0 saturated heterocycles. The third kappa shape index (κ3) is 3.34. The lowest BCUT2D eigenvalue weighted by Gasteiger charge is -1.96. The van der Waals surface area contributed by atoms with Crippen LogP contribution in [0.25, 0.3) is 0 Å². The second-order valence-electron chi connectivity index (χ2n) is 1.87. The minimum Gasteiger partial charge on any atom is -0.384 e. The Morgan fingerprint density at radius 3 is 2.82 bits per heavy atom. The lowest BCUT2D eigenvalue weighted by atomic mass is 10.7. The van der Waals surface area contributed by atoms with Gasteiger partial charge in [0.15, 0.2) is 5.16 Å². The van der Waals surface area contributed by atoms with Crippen molar-refractivity contribution in [2.45, 2.75) is 5.16 Å². The van der Waals surface area contributed by atoms with Crippen LogP contribution in [-0.2, 0) is 4.74 Å². The van der Waals surface area contributed by atoms with Crippen molar-refractivity contribution < 1.29 is 4.74 Å². The summed E-state index contributed by atoms with van der Waals surface area (Å²) < 4.78 is 4.89. The highest BCUT2D eigenvalue weighted by atomic mass is 32.2. The Balaban J connectivity index is 2.28. The van der Waals surface area contributed by atoms with Crippen LogP contribution in [0.1, 0.15) is 0 Å². The van der Waals surface area contributed by atoms with Gasteiger partial charge >= 0.3 is 0 Å². The normalized spacial score (nSPS) is 9.91. The van der Waals surface area contributed by atoms with E-state index in [2.05, 4.69) is 9.97 Å². The number of ether oxygens (including phenoxy) is 1. The van der Waals surface area contributed by atoms with Crippen molar-refractivity contribution >= 4 is 11.8 Å². The number of hydrogen-bond acceptors (Lipinski definition) is 4. The molecule has 3 nitrogen and oxygen atoms in total. The Morgan fingerprint density at radius 1 is 1.45 bits per heavy atom. The molecule has 0 amide bonds. The number of nitrogens with zero attached hydrogens (tertiary/aromatic N) is 2. The van der Waals surface area contributed by atoms with Gasteiger partial charge in [0, 0.05) is 25.3 Å². The molecule has 0 saturated carbocycles. The minimum atomic E-state index is 0.739. The third-order valence-electron chi connectivity index (χ3n) is 1.06. The number of rotatable bonds is 4. The Morgan fingerprint density at radius 2 is 2.18 bits per heavy atom. The van der Waals surface area contributed by atoms with Gasteiger partial charge in [-0.25, -0.2) is 9.97 Å². The lowest BCUT2D eigenvalue weighted by molar-refractivity contribution is 0.218. The molecule has 0 radical (unpaired) electrons. The summed E-state index contributed by atoms with van der Waals surface area (Å²) in [6.45, 7) is 0.739. The van der Waals surface area contributed by atoms with Gasteiger partial charge < -0.3 is 4.74 Å². The van der Waals surface area contributed by atoms with Gasteiger partial charge in [-0.2, -0.15) is 0 Å². The van der Waals surface area contributed by atoms with Crippen LogP contribution in [0.4, 0.5) is 0 Å². The highest BCUT2D eigenvalue weighted by Crippen LogP contribution is 2.09. The Kier molecular flexibility index (Phi) is 3.93. The van der Waals surface area contributed by atoms with Gasteiger partial charge in [0.05, 0.1) is 6.61 Å². The number of methoxy groups -OCH3 is 1. The molecular weight excluding hydrogens is 160 g/mol. The molecule has 4 heteroatoms. The topological polar surface area (TPSA) is 35.0 Å². The van der Waals surface area contributed by atoms with E-state index >= 15 is 0 Å². The van der Waals surface area contributed by atoms with Crippen molar-refractivity contribution in [3.05, 3.63) is 18.5 Å². The Labute approximate surface area is 70.2 Å². The van der Waals surface area contributed by atoms with Crippen LogP contribution in [0.15, 0.2) is 23.6 Å².